The minimum Gasteiger partial charge on any atom is -0.462 e. The van der Waals surface area contributed by atoms with Gasteiger partial charge in [0.05, 0.1) is 23.8 Å². The van der Waals surface area contributed by atoms with E-state index < -0.39 is 29.2 Å². The van der Waals surface area contributed by atoms with Gasteiger partial charge in [0.15, 0.2) is 0 Å². The number of halogens is 2. The third-order valence-corrected chi connectivity index (χ3v) is 3.78. The molecule has 0 aliphatic rings. The molecule has 27 heavy (non-hydrogen) atoms. The summed E-state index contributed by atoms with van der Waals surface area (Å²) in [7, 11) is 0. The highest BCUT2D eigenvalue weighted by Gasteiger charge is 2.32. The van der Waals surface area contributed by atoms with Crippen molar-refractivity contribution in [1.29, 1.82) is 0 Å². The lowest BCUT2D eigenvalue weighted by molar-refractivity contribution is 0.0480. The largest absolute Gasteiger partial charge is 0.462 e. The average Bonchev–Trinajstić information content (AvgIpc) is 2.91. The second-order valence-electron chi connectivity index (χ2n) is 5.23. The van der Waals surface area contributed by atoms with E-state index >= 15 is 0 Å². The van der Waals surface area contributed by atoms with Crippen molar-refractivity contribution in [3.05, 3.63) is 51.5 Å². The van der Waals surface area contributed by atoms with Crippen LogP contribution in [0.25, 0.3) is 0 Å². The number of carbonyl (C=O) groups is 3. The van der Waals surface area contributed by atoms with Crippen LogP contribution in [0.1, 0.15) is 50.7 Å². The first-order valence-electron chi connectivity index (χ1n) is 8.04. The van der Waals surface area contributed by atoms with Gasteiger partial charge in [0, 0.05) is 0 Å². The summed E-state index contributed by atoms with van der Waals surface area (Å²) in [5, 5.41) is 2.14. The zero-order chi connectivity index (χ0) is 20.1. The van der Waals surface area contributed by atoms with Gasteiger partial charge in [0.25, 0.3) is 5.91 Å². The van der Waals surface area contributed by atoms with Gasteiger partial charge in [0.1, 0.15) is 22.7 Å². The second-order valence-corrected chi connectivity index (χ2v) is 5.64. The molecule has 2 rings (SSSR count). The van der Waals surface area contributed by atoms with E-state index in [1.165, 1.54) is 19.1 Å². The first kappa shape index (κ1) is 20.4. The Hall–Kier alpha value is -2.87. The molecular weight excluding hydrogens is 381 g/mol. The predicted molar refractivity (Wildman–Crippen MR) is 94.7 cm³/mol. The van der Waals surface area contributed by atoms with Gasteiger partial charge in [-0.2, -0.15) is 0 Å². The Labute approximate surface area is 159 Å². The van der Waals surface area contributed by atoms with Gasteiger partial charge in [-0.15, -0.1) is 0 Å². The Kier molecular flexibility index (Phi) is 6.57. The number of aryl methyl sites for hydroxylation is 1. The van der Waals surface area contributed by atoms with E-state index in [2.05, 4.69) is 5.32 Å². The standard InChI is InChI=1S/C18H17ClFNO6/c1-4-25-17(23)12-9(3)27-16(14(12)18(24)26-5-2)21-15(22)13-10(19)7-6-8-11(13)20/h6-8H,4-5H2,1-3H3,(H,21,22). The molecule has 1 aromatic carbocycles. The minimum atomic E-state index is -0.951. The van der Waals surface area contributed by atoms with Crippen LogP contribution in [0.2, 0.25) is 5.02 Å². The van der Waals surface area contributed by atoms with Crippen molar-refractivity contribution in [3.63, 3.8) is 0 Å². The molecule has 0 fully saturated rings. The molecule has 144 valence electrons. The highest BCUT2D eigenvalue weighted by Crippen LogP contribution is 2.30. The average molecular weight is 398 g/mol. The molecule has 7 nitrogen and oxygen atoms in total. The summed E-state index contributed by atoms with van der Waals surface area (Å²) in [6.45, 7) is 4.68. The summed E-state index contributed by atoms with van der Waals surface area (Å²) >= 11 is 5.87. The number of rotatable bonds is 6. The van der Waals surface area contributed by atoms with E-state index in [9.17, 15) is 18.8 Å². The molecule has 0 bridgehead atoms. The lowest BCUT2D eigenvalue weighted by Gasteiger charge is -2.08. The molecule has 0 saturated heterocycles. The predicted octanol–water partition coefficient (Wildman–Crippen LogP) is 3.99. The maximum absolute atomic E-state index is 14.0. The van der Waals surface area contributed by atoms with Crippen molar-refractivity contribution in [1.82, 2.24) is 0 Å². The van der Waals surface area contributed by atoms with Crippen LogP contribution in [-0.4, -0.2) is 31.1 Å². The number of hydrogen-bond acceptors (Lipinski definition) is 6. The topological polar surface area (TPSA) is 94.8 Å². The van der Waals surface area contributed by atoms with Crippen molar-refractivity contribution in [2.75, 3.05) is 18.5 Å². The molecule has 1 heterocycles. The zero-order valence-electron chi connectivity index (χ0n) is 14.9. The Balaban J connectivity index is 2.50. The molecule has 9 heteroatoms. The maximum Gasteiger partial charge on any atom is 0.344 e. The molecule has 1 aromatic heterocycles. The van der Waals surface area contributed by atoms with Gasteiger partial charge in [-0.1, -0.05) is 17.7 Å². The summed E-state index contributed by atoms with van der Waals surface area (Å²) in [5.41, 5.74) is -0.917. The highest BCUT2D eigenvalue weighted by molar-refractivity contribution is 6.34. The fourth-order valence-electron chi connectivity index (χ4n) is 2.36. The lowest BCUT2D eigenvalue weighted by Crippen LogP contribution is -2.18. The number of hydrogen-bond donors (Lipinski definition) is 1. The lowest BCUT2D eigenvalue weighted by atomic mass is 10.1. The molecule has 1 amide bonds. The summed E-state index contributed by atoms with van der Waals surface area (Å²) in [5.74, 6) is -3.84. The molecule has 0 aliphatic heterocycles. The molecular formula is C18H17ClFNO6. The van der Waals surface area contributed by atoms with Crippen LogP contribution in [0.5, 0.6) is 0 Å². The quantitative estimate of drug-likeness (QED) is 0.740. The highest BCUT2D eigenvalue weighted by atomic mass is 35.5. The van der Waals surface area contributed by atoms with Gasteiger partial charge in [0.2, 0.25) is 5.88 Å². The maximum atomic E-state index is 14.0. The molecule has 0 aliphatic carbocycles. The van der Waals surface area contributed by atoms with E-state index in [1.54, 1.807) is 13.8 Å². The number of anilines is 1. The second kappa shape index (κ2) is 8.68. The van der Waals surface area contributed by atoms with Crippen LogP contribution in [0.15, 0.2) is 22.6 Å². The molecule has 0 saturated carbocycles. The van der Waals surface area contributed by atoms with E-state index in [0.29, 0.717) is 0 Å². The fraction of sp³-hybridized carbons (Fsp3) is 0.278. The van der Waals surface area contributed by atoms with E-state index in [-0.39, 0.29) is 41.0 Å². The van der Waals surface area contributed by atoms with Crippen LogP contribution in [0.4, 0.5) is 10.3 Å². The number of amides is 1. The first-order chi connectivity index (χ1) is 12.8. The first-order valence-corrected chi connectivity index (χ1v) is 8.42. The number of carbonyl (C=O) groups excluding carboxylic acids is 3. The molecule has 0 spiro atoms. The molecule has 0 radical (unpaired) electrons. The number of furan rings is 1. The zero-order valence-corrected chi connectivity index (χ0v) is 15.6. The molecule has 2 aromatic rings. The van der Waals surface area contributed by atoms with Crippen molar-refractivity contribution >= 4 is 35.3 Å². The number of ether oxygens (including phenoxy) is 2. The Morgan fingerprint density at radius 2 is 1.67 bits per heavy atom. The van der Waals surface area contributed by atoms with Crippen molar-refractivity contribution < 1.29 is 32.7 Å². The number of nitrogens with one attached hydrogen (secondary N) is 1. The fourth-order valence-corrected chi connectivity index (χ4v) is 2.61. The minimum absolute atomic E-state index is 0.0256. The molecule has 0 unspecified atom stereocenters. The van der Waals surface area contributed by atoms with Crippen LogP contribution in [-0.2, 0) is 9.47 Å². The smallest absolute Gasteiger partial charge is 0.344 e. The van der Waals surface area contributed by atoms with E-state index in [1.807, 2.05) is 0 Å². The van der Waals surface area contributed by atoms with Crippen LogP contribution in [0.3, 0.4) is 0 Å². The van der Waals surface area contributed by atoms with E-state index in [4.69, 9.17) is 25.5 Å². The summed E-state index contributed by atoms with van der Waals surface area (Å²) in [6.07, 6.45) is 0. The molecule has 0 atom stereocenters. The van der Waals surface area contributed by atoms with Gasteiger partial charge < -0.3 is 13.9 Å². The number of benzene rings is 1. The van der Waals surface area contributed by atoms with Crippen LogP contribution < -0.4 is 5.32 Å². The monoisotopic (exact) mass is 397 g/mol. The summed E-state index contributed by atoms with van der Waals surface area (Å²) < 4.78 is 29.2. The van der Waals surface area contributed by atoms with Crippen LogP contribution >= 0.6 is 11.6 Å². The third kappa shape index (κ3) is 4.28. The van der Waals surface area contributed by atoms with Gasteiger partial charge in [-0.05, 0) is 32.9 Å². The Bertz CT molecular complexity index is 872. The Morgan fingerprint density at radius 3 is 2.22 bits per heavy atom. The summed E-state index contributed by atoms with van der Waals surface area (Å²) in [6, 6.07) is 3.74. The van der Waals surface area contributed by atoms with Gasteiger partial charge >= 0.3 is 11.9 Å². The van der Waals surface area contributed by atoms with E-state index in [0.717, 1.165) is 6.07 Å². The van der Waals surface area contributed by atoms with Crippen molar-refractivity contribution in [2.45, 2.75) is 20.8 Å². The normalized spacial score (nSPS) is 10.4. The van der Waals surface area contributed by atoms with Gasteiger partial charge in [-0.3, -0.25) is 10.1 Å². The third-order valence-electron chi connectivity index (χ3n) is 3.46. The molecule has 1 N–H and O–H groups in total. The summed E-state index contributed by atoms with van der Waals surface area (Å²) in [4.78, 5) is 36.9. The number of esters is 2. The van der Waals surface area contributed by atoms with Crippen LogP contribution in [0, 0.1) is 12.7 Å². The van der Waals surface area contributed by atoms with Crippen molar-refractivity contribution in [2.24, 2.45) is 0 Å². The SMILES string of the molecule is CCOC(=O)c1c(C)oc(NC(=O)c2c(F)cccc2Cl)c1C(=O)OCC. The van der Waals surface area contributed by atoms with Crippen molar-refractivity contribution in [3.8, 4) is 0 Å². The Morgan fingerprint density at radius 1 is 1.07 bits per heavy atom. The van der Waals surface area contributed by atoms with Gasteiger partial charge in [-0.25, -0.2) is 14.0 Å².